The average Bonchev–Trinajstić information content (AvgIpc) is 2.88. The predicted octanol–water partition coefficient (Wildman–Crippen LogP) is 4.73. The van der Waals surface area contributed by atoms with Crippen LogP contribution < -0.4 is 15.6 Å². The summed E-state index contributed by atoms with van der Waals surface area (Å²) in [6, 6.07) is 14.6. The van der Waals surface area contributed by atoms with Gasteiger partial charge >= 0.3 is 0 Å². The van der Waals surface area contributed by atoms with Crippen LogP contribution in [0.2, 0.25) is 0 Å². The summed E-state index contributed by atoms with van der Waals surface area (Å²) in [5.74, 6) is -0.649. The van der Waals surface area contributed by atoms with E-state index >= 15 is 0 Å². The van der Waals surface area contributed by atoms with Crippen molar-refractivity contribution >= 4 is 34.0 Å². The Hall–Kier alpha value is -4.26. The van der Waals surface area contributed by atoms with Crippen LogP contribution in [0.25, 0.3) is 10.9 Å². The number of carbonyl (C=O) groups is 2. The van der Waals surface area contributed by atoms with E-state index in [9.17, 15) is 14.4 Å². The molecule has 1 N–H and O–H groups in total. The minimum Gasteiger partial charge on any atom is -0.372 e. The van der Waals surface area contributed by atoms with Gasteiger partial charge < -0.3 is 14.8 Å². The quantitative estimate of drug-likeness (QED) is 0.367. The molecule has 2 aromatic heterocycles. The zero-order chi connectivity index (χ0) is 25.8. The molecule has 2 heterocycles. The summed E-state index contributed by atoms with van der Waals surface area (Å²) in [5.41, 5.74) is 4.33. The van der Waals surface area contributed by atoms with Gasteiger partial charge in [-0.1, -0.05) is 11.6 Å². The lowest BCUT2D eigenvalue weighted by molar-refractivity contribution is -0.116. The largest absolute Gasteiger partial charge is 0.372 e. The highest BCUT2D eigenvalue weighted by molar-refractivity contribution is 6.10. The fourth-order valence-corrected chi connectivity index (χ4v) is 4.38. The number of pyridine rings is 2. The summed E-state index contributed by atoms with van der Waals surface area (Å²) in [4.78, 5) is 45.7. The number of anilines is 2. The molecule has 1 amide bonds. The van der Waals surface area contributed by atoms with Crippen LogP contribution >= 0.6 is 0 Å². The van der Waals surface area contributed by atoms with Gasteiger partial charge in [-0.25, -0.2) is 0 Å². The summed E-state index contributed by atoms with van der Waals surface area (Å²) in [7, 11) is 0. The van der Waals surface area contributed by atoms with Gasteiger partial charge in [0.15, 0.2) is 5.78 Å². The number of hydrogen-bond donors (Lipinski definition) is 1. The van der Waals surface area contributed by atoms with Gasteiger partial charge in [0.2, 0.25) is 11.3 Å². The van der Waals surface area contributed by atoms with Gasteiger partial charge in [-0.3, -0.25) is 19.4 Å². The van der Waals surface area contributed by atoms with E-state index in [-0.39, 0.29) is 23.4 Å². The number of hydrogen-bond acceptors (Lipinski definition) is 5. The van der Waals surface area contributed by atoms with Crippen LogP contribution in [-0.4, -0.2) is 34.3 Å². The molecular weight excluding hydrogens is 452 g/mol. The van der Waals surface area contributed by atoms with E-state index in [2.05, 4.69) is 35.1 Å². The Labute approximate surface area is 210 Å². The van der Waals surface area contributed by atoms with Gasteiger partial charge in [0.25, 0.3) is 0 Å². The standard InChI is InChI=1S/C29H30N4O3/c1-5-32(6-2)22-8-9-25(20(4)16-22)31-27(34)18-33-17-24(28(35)21-11-13-30-14-12-21)29(36)23-15-19(3)7-10-26(23)33/h7-17H,5-6,18H2,1-4H3,(H,31,34). The number of benzene rings is 2. The molecule has 7 heteroatoms. The van der Waals surface area contributed by atoms with Crippen LogP contribution in [0, 0.1) is 13.8 Å². The zero-order valence-corrected chi connectivity index (χ0v) is 21.0. The number of ketones is 1. The molecule has 0 atom stereocenters. The first-order chi connectivity index (χ1) is 17.3. The Morgan fingerprint density at radius 3 is 2.36 bits per heavy atom. The van der Waals surface area contributed by atoms with Crippen LogP contribution in [0.1, 0.15) is 40.9 Å². The maximum absolute atomic E-state index is 13.3. The lowest BCUT2D eigenvalue weighted by atomic mass is 10.0. The van der Waals surface area contributed by atoms with Crippen molar-refractivity contribution in [2.45, 2.75) is 34.2 Å². The van der Waals surface area contributed by atoms with Gasteiger partial charge in [0.05, 0.1) is 11.1 Å². The maximum atomic E-state index is 13.3. The number of nitrogens with zero attached hydrogens (tertiary/aromatic N) is 3. The number of nitrogens with one attached hydrogen (secondary N) is 1. The molecule has 2 aromatic carbocycles. The molecule has 7 nitrogen and oxygen atoms in total. The topological polar surface area (TPSA) is 84.3 Å². The van der Waals surface area contributed by atoms with E-state index in [1.165, 1.54) is 18.6 Å². The Balaban J connectivity index is 1.68. The molecule has 36 heavy (non-hydrogen) atoms. The number of amides is 1. The summed E-state index contributed by atoms with van der Waals surface area (Å²) in [6.45, 7) is 9.83. The van der Waals surface area contributed by atoms with Crippen LogP contribution in [0.4, 0.5) is 11.4 Å². The highest BCUT2D eigenvalue weighted by Crippen LogP contribution is 2.23. The van der Waals surface area contributed by atoms with E-state index in [1.54, 1.807) is 22.8 Å². The Morgan fingerprint density at radius 1 is 0.972 bits per heavy atom. The van der Waals surface area contributed by atoms with Gasteiger partial charge in [-0.2, -0.15) is 0 Å². The smallest absolute Gasteiger partial charge is 0.244 e. The van der Waals surface area contributed by atoms with Gasteiger partial charge in [-0.05, 0) is 75.7 Å². The lowest BCUT2D eigenvalue weighted by Gasteiger charge is -2.22. The first-order valence-electron chi connectivity index (χ1n) is 12.1. The first-order valence-corrected chi connectivity index (χ1v) is 12.1. The molecule has 0 unspecified atom stereocenters. The normalized spacial score (nSPS) is 10.9. The first kappa shape index (κ1) is 24.9. The second kappa shape index (κ2) is 10.6. The molecule has 0 spiro atoms. The third-order valence-corrected chi connectivity index (χ3v) is 6.35. The van der Waals surface area contributed by atoms with Crippen molar-refractivity contribution in [3.63, 3.8) is 0 Å². The van der Waals surface area contributed by atoms with Crippen molar-refractivity contribution in [3.05, 3.63) is 99.6 Å². The van der Waals surface area contributed by atoms with Crippen LogP contribution in [-0.2, 0) is 11.3 Å². The number of carbonyl (C=O) groups excluding carboxylic acids is 2. The van der Waals surface area contributed by atoms with E-state index in [0.29, 0.717) is 16.5 Å². The Bertz CT molecular complexity index is 1490. The monoisotopic (exact) mass is 482 g/mol. The van der Waals surface area contributed by atoms with Gasteiger partial charge in [0.1, 0.15) is 6.54 Å². The van der Waals surface area contributed by atoms with Crippen molar-refractivity contribution in [1.29, 1.82) is 0 Å². The van der Waals surface area contributed by atoms with Crippen molar-refractivity contribution in [1.82, 2.24) is 9.55 Å². The van der Waals surface area contributed by atoms with Crippen LogP contribution in [0.5, 0.6) is 0 Å². The molecule has 0 aliphatic carbocycles. The molecule has 0 saturated heterocycles. The van der Waals surface area contributed by atoms with Crippen molar-refractivity contribution < 1.29 is 9.59 Å². The number of fused-ring (bicyclic) bond motifs is 1. The molecule has 0 radical (unpaired) electrons. The highest BCUT2D eigenvalue weighted by Gasteiger charge is 2.18. The SMILES string of the molecule is CCN(CC)c1ccc(NC(=O)Cn2cc(C(=O)c3ccncc3)c(=O)c3cc(C)ccc32)c(C)c1. The second-order valence-corrected chi connectivity index (χ2v) is 8.81. The van der Waals surface area contributed by atoms with Gasteiger partial charge in [0, 0.05) is 54.0 Å². The molecule has 4 rings (SSSR count). The summed E-state index contributed by atoms with van der Waals surface area (Å²) >= 11 is 0. The van der Waals surface area contributed by atoms with E-state index in [0.717, 1.165) is 35.6 Å². The summed E-state index contributed by atoms with van der Waals surface area (Å²) in [6.07, 6.45) is 4.51. The Kier molecular flexibility index (Phi) is 7.29. The van der Waals surface area contributed by atoms with Crippen LogP contribution in [0.3, 0.4) is 0 Å². The van der Waals surface area contributed by atoms with E-state index in [1.807, 2.05) is 38.1 Å². The van der Waals surface area contributed by atoms with E-state index in [4.69, 9.17) is 0 Å². The average molecular weight is 483 g/mol. The minimum atomic E-state index is -0.400. The molecule has 184 valence electrons. The Morgan fingerprint density at radius 2 is 1.69 bits per heavy atom. The fraction of sp³-hybridized carbons (Fsp3) is 0.241. The molecular formula is C29H30N4O3. The van der Waals surface area contributed by atoms with Crippen LogP contribution in [0.15, 0.2) is 71.9 Å². The minimum absolute atomic E-state index is 0.0202. The molecule has 0 aliphatic heterocycles. The van der Waals surface area contributed by atoms with Crippen molar-refractivity contribution in [3.8, 4) is 0 Å². The lowest BCUT2D eigenvalue weighted by Crippen LogP contribution is -2.25. The predicted molar refractivity (Wildman–Crippen MR) is 144 cm³/mol. The van der Waals surface area contributed by atoms with Gasteiger partial charge in [-0.15, -0.1) is 0 Å². The second-order valence-electron chi connectivity index (χ2n) is 8.81. The number of rotatable bonds is 8. The highest BCUT2D eigenvalue weighted by atomic mass is 16.2. The van der Waals surface area contributed by atoms with E-state index < -0.39 is 5.78 Å². The summed E-state index contributed by atoms with van der Waals surface area (Å²) < 4.78 is 1.67. The zero-order valence-electron chi connectivity index (χ0n) is 21.0. The fourth-order valence-electron chi connectivity index (χ4n) is 4.38. The third kappa shape index (κ3) is 5.05. The molecule has 0 bridgehead atoms. The van der Waals surface area contributed by atoms with Crippen molar-refractivity contribution in [2.75, 3.05) is 23.3 Å². The number of aryl methyl sites for hydroxylation is 2. The summed E-state index contributed by atoms with van der Waals surface area (Å²) in [5, 5.41) is 3.39. The molecule has 4 aromatic rings. The number of aromatic nitrogens is 2. The maximum Gasteiger partial charge on any atom is 0.244 e. The molecule has 0 fully saturated rings. The third-order valence-electron chi connectivity index (χ3n) is 6.35. The molecule has 0 saturated carbocycles. The van der Waals surface area contributed by atoms with Crippen molar-refractivity contribution in [2.24, 2.45) is 0 Å². The molecule has 0 aliphatic rings.